The number of rotatable bonds is 9. The summed E-state index contributed by atoms with van der Waals surface area (Å²) >= 11 is 0. The summed E-state index contributed by atoms with van der Waals surface area (Å²) in [6, 6.07) is 19.4. The molecule has 0 bridgehead atoms. The molecule has 1 fully saturated rings. The van der Waals surface area contributed by atoms with Gasteiger partial charge >= 0.3 is 0 Å². The van der Waals surface area contributed by atoms with Gasteiger partial charge in [0.2, 0.25) is 5.91 Å². The van der Waals surface area contributed by atoms with Gasteiger partial charge < -0.3 is 14.4 Å². The minimum Gasteiger partial charge on any atom is -0.479 e. The van der Waals surface area contributed by atoms with Crippen LogP contribution in [0.25, 0.3) is 6.08 Å². The van der Waals surface area contributed by atoms with Crippen molar-refractivity contribution in [2.24, 2.45) is 0 Å². The van der Waals surface area contributed by atoms with E-state index in [0.29, 0.717) is 12.3 Å². The molecule has 2 aromatic rings. The van der Waals surface area contributed by atoms with E-state index in [1.165, 1.54) is 0 Å². The average Bonchev–Trinajstić information content (AvgIpc) is 2.81. The topological polar surface area (TPSA) is 65.8 Å². The standard InChI is InChI=1S/C25H29N3O3/c1-21(19-27-14-17-30-18-15-27)28(20-23-5-3-2-4-6-23)25(29)12-9-22-7-10-24(11-8-22)31-16-13-26/h2-12,21H,14-20H2,1H3/b12-9+. The zero-order valence-corrected chi connectivity index (χ0v) is 17.9. The van der Waals surface area contributed by atoms with Crippen molar-refractivity contribution in [2.75, 3.05) is 39.5 Å². The molecule has 0 saturated carbocycles. The maximum atomic E-state index is 13.1. The third-order valence-corrected chi connectivity index (χ3v) is 5.24. The smallest absolute Gasteiger partial charge is 0.247 e. The molecule has 6 nitrogen and oxygen atoms in total. The van der Waals surface area contributed by atoms with Crippen LogP contribution >= 0.6 is 0 Å². The van der Waals surface area contributed by atoms with Crippen molar-refractivity contribution in [1.29, 1.82) is 5.26 Å². The van der Waals surface area contributed by atoms with Crippen LogP contribution < -0.4 is 4.74 Å². The predicted octanol–water partition coefficient (Wildman–Crippen LogP) is 3.35. The molecule has 0 spiro atoms. The number of hydrogen-bond acceptors (Lipinski definition) is 5. The van der Waals surface area contributed by atoms with E-state index in [2.05, 4.69) is 11.8 Å². The highest BCUT2D eigenvalue weighted by Crippen LogP contribution is 2.15. The first-order valence-electron chi connectivity index (χ1n) is 10.6. The SMILES string of the molecule is CC(CN1CCOCC1)N(Cc1ccccc1)C(=O)/C=C/c1ccc(OCC#N)cc1. The largest absolute Gasteiger partial charge is 0.479 e. The summed E-state index contributed by atoms with van der Waals surface area (Å²) in [4.78, 5) is 17.4. The molecule has 2 aromatic carbocycles. The second kappa shape index (κ2) is 11.9. The predicted molar refractivity (Wildman–Crippen MR) is 120 cm³/mol. The molecule has 31 heavy (non-hydrogen) atoms. The Morgan fingerprint density at radius 3 is 2.58 bits per heavy atom. The fourth-order valence-electron chi connectivity index (χ4n) is 3.54. The van der Waals surface area contributed by atoms with Gasteiger partial charge in [0.25, 0.3) is 0 Å². The van der Waals surface area contributed by atoms with Gasteiger partial charge in [-0.25, -0.2) is 0 Å². The second-order valence-corrected chi connectivity index (χ2v) is 7.56. The van der Waals surface area contributed by atoms with Gasteiger partial charge in [0.1, 0.15) is 11.8 Å². The first-order valence-corrected chi connectivity index (χ1v) is 10.6. The fraction of sp³-hybridized carbons (Fsp3) is 0.360. The maximum Gasteiger partial charge on any atom is 0.247 e. The molecule has 1 unspecified atom stereocenters. The lowest BCUT2D eigenvalue weighted by Gasteiger charge is -2.34. The van der Waals surface area contributed by atoms with Crippen molar-refractivity contribution < 1.29 is 14.3 Å². The average molecular weight is 420 g/mol. The van der Waals surface area contributed by atoms with Gasteiger partial charge in [0.15, 0.2) is 6.61 Å². The van der Waals surface area contributed by atoms with E-state index < -0.39 is 0 Å². The van der Waals surface area contributed by atoms with E-state index in [0.717, 1.165) is 44.0 Å². The molecule has 0 radical (unpaired) electrons. The summed E-state index contributed by atoms with van der Waals surface area (Å²) in [6.07, 6.45) is 3.44. The number of amides is 1. The van der Waals surface area contributed by atoms with Crippen LogP contribution in [0.3, 0.4) is 0 Å². The molecule has 0 aliphatic carbocycles. The third-order valence-electron chi connectivity index (χ3n) is 5.24. The normalized spacial score (nSPS) is 15.4. The molecule has 0 N–H and O–H groups in total. The summed E-state index contributed by atoms with van der Waals surface area (Å²) in [6.45, 7) is 6.79. The molecule has 1 heterocycles. The number of morpholine rings is 1. The lowest BCUT2D eigenvalue weighted by atomic mass is 10.1. The van der Waals surface area contributed by atoms with Crippen LogP contribution in [-0.4, -0.2) is 61.2 Å². The zero-order chi connectivity index (χ0) is 21.9. The Balaban J connectivity index is 1.68. The molecular weight excluding hydrogens is 390 g/mol. The van der Waals surface area contributed by atoms with E-state index in [1.54, 1.807) is 18.2 Å². The number of nitriles is 1. The van der Waals surface area contributed by atoms with Crippen molar-refractivity contribution in [3.8, 4) is 11.8 Å². The highest BCUT2D eigenvalue weighted by Gasteiger charge is 2.22. The molecule has 1 atom stereocenters. The quantitative estimate of drug-likeness (QED) is 0.583. The Labute approximate surface area is 184 Å². The number of carbonyl (C=O) groups excluding carboxylic acids is 1. The van der Waals surface area contributed by atoms with Crippen molar-refractivity contribution in [3.63, 3.8) is 0 Å². The van der Waals surface area contributed by atoms with Crippen molar-refractivity contribution in [3.05, 3.63) is 71.8 Å². The Bertz CT molecular complexity index is 884. The van der Waals surface area contributed by atoms with Crippen molar-refractivity contribution >= 4 is 12.0 Å². The zero-order valence-electron chi connectivity index (χ0n) is 17.9. The van der Waals surface area contributed by atoms with Crippen LogP contribution in [0.1, 0.15) is 18.1 Å². The van der Waals surface area contributed by atoms with Crippen molar-refractivity contribution in [2.45, 2.75) is 19.5 Å². The Morgan fingerprint density at radius 2 is 1.90 bits per heavy atom. The first kappa shape index (κ1) is 22.5. The Morgan fingerprint density at radius 1 is 1.19 bits per heavy atom. The Kier molecular flexibility index (Phi) is 8.65. The van der Waals surface area contributed by atoms with Crippen LogP contribution in [0.15, 0.2) is 60.7 Å². The van der Waals surface area contributed by atoms with Gasteiger partial charge in [-0.2, -0.15) is 5.26 Å². The molecule has 6 heteroatoms. The fourth-order valence-corrected chi connectivity index (χ4v) is 3.54. The number of ether oxygens (including phenoxy) is 2. The molecule has 0 aromatic heterocycles. The molecule has 162 valence electrons. The highest BCUT2D eigenvalue weighted by atomic mass is 16.5. The van der Waals surface area contributed by atoms with Gasteiger partial charge in [-0.05, 0) is 36.3 Å². The van der Waals surface area contributed by atoms with E-state index >= 15 is 0 Å². The van der Waals surface area contributed by atoms with E-state index in [1.807, 2.05) is 59.5 Å². The number of hydrogen-bond donors (Lipinski definition) is 0. The van der Waals surface area contributed by atoms with Crippen LogP contribution in [0.2, 0.25) is 0 Å². The number of benzene rings is 2. The van der Waals surface area contributed by atoms with E-state index in [-0.39, 0.29) is 18.6 Å². The first-order chi connectivity index (χ1) is 15.2. The van der Waals surface area contributed by atoms with Gasteiger partial charge in [0.05, 0.1) is 13.2 Å². The third kappa shape index (κ3) is 7.25. The molecule has 1 aliphatic heterocycles. The number of nitrogens with zero attached hydrogens (tertiary/aromatic N) is 3. The highest BCUT2D eigenvalue weighted by molar-refractivity contribution is 5.92. The second-order valence-electron chi connectivity index (χ2n) is 7.56. The molecule has 3 rings (SSSR count). The van der Waals surface area contributed by atoms with Crippen molar-refractivity contribution in [1.82, 2.24) is 9.80 Å². The molecule has 1 aliphatic rings. The van der Waals surface area contributed by atoms with Gasteiger partial charge in [-0.3, -0.25) is 9.69 Å². The van der Waals surface area contributed by atoms with Gasteiger partial charge in [0, 0.05) is 38.3 Å². The maximum absolute atomic E-state index is 13.1. The lowest BCUT2D eigenvalue weighted by molar-refractivity contribution is -0.129. The number of carbonyl (C=O) groups is 1. The summed E-state index contributed by atoms with van der Waals surface area (Å²) in [7, 11) is 0. The summed E-state index contributed by atoms with van der Waals surface area (Å²) < 4.78 is 10.7. The van der Waals surface area contributed by atoms with Gasteiger partial charge in [-0.1, -0.05) is 42.5 Å². The summed E-state index contributed by atoms with van der Waals surface area (Å²) in [5.41, 5.74) is 2.01. The monoisotopic (exact) mass is 419 g/mol. The minimum absolute atomic E-state index is 0.0170. The summed E-state index contributed by atoms with van der Waals surface area (Å²) in [5, 5.41) is 8.60. The van der Waals surface area contributed by atoms with Crippen LogP contribution in [0.5, 0.6) is 5.75 Å². The molecule has 1 saturated heterocycles. The minimum atomic E-state index is -0.0191. The lowest BCUT2D eigenvalue weighted by Crippen LogP contribution is -2.47. The Hall–Kier alpha value is -3.14. The van der Waals surface area contributed by atoms with Crippen LogP contribution in [-0.2, 0) is 16.1 Å². The van der Waals surface area contributed by atoms with Crippen LogP contribution in [0.4, 0.5) is 0 Å². The summed E-state index contributed by atoms with van der Waals surface area (Å²) in [5.74, 6) is 0.615. The van der Waals surface area contributed by atoms with Crippen LogP contribution in [0, 0.1) is 11.3 Å². The van der Waals surface area contributed by atoms with Gasteiger partial charge in [-0.15, -0.1) is 0 Å². The van der Waals surface area contributed by atoms with E-state index in [4.69, 9.17) is 14.7 Å². The van der Waals surface area contributed by atoms with E-state index in [9.17, 15) is 4.79 Å². The molecule has 1 amide bonds. The molecular formula is C25H29N3O3.